The molecule has 0 spiro atoms. The van der Waals surface area contributed by atoms with Gasteiger partial charge < -0.3 is 19.6 Å². The van der Waals surface area contributed by atoms with E-state index in [4.69, 9.17) is 32.1 Å². The standard InChI is InChI=1S/C14H12N2O3S/c15-9-12-13(5-6-16-14(12)20)19-11-3-1-10(2-4-11)18-8-7-17/h1-6,17H,7-8H2,(H,16,20). The van der Waals surface area contributed by atoms with Crippen LogP contribution in [0.2, 0.25) is 0 Å². The van der Waals surface area contributed by atoms with E-state index in [2.05, 4.69) is 4.98 Å². The Morgan fingerprint density at radius 2 is 1.90 bits per heavy atom. The van der Waals surface area contributed by atoms with Gasteiger partial charge in [0.25, 0.3) is 0 Å². The van der Waals surface area contributed by atoms with Crippen molar-refractivity contribution >= 4 is 12.2 Å². The second-order valence-corrected chi connectivity index (χ2v) is 4.21. The molecule has 2 N–H and O–H groups in total. The highest BCUT2D eigenvalue weighted by Crippen LogP contribution is 2.26. The third kappa shape index (κ3) is 3.35. The zero-order chi connectivity index (χ0) is 14.4. The number of pyridine rings is 1. The molecule has 1 heterocycles. The average Bonchev–Trinajstić information content (AvgIpc) is 2.47. The van der Waals surface area contributed by atoms with E-state index >= 15 is 0 Å². The molecule has 20 heavy (non-hydrogen) atoms. The Morgan fingerprint density at radius 1 is 1.20 bits per heavy atom. The number of hydrogen-bond acceptors (Lipinski definition) is 5. The van der Waals surface area contributed by atoms with Crippen LogP contribution >= 0.6 is 12.2 Å². The lowest BCUT2D eigenvalue weighted by Gasteiger charge is -2.08. The van der Waals surface area contributed by atoms with Crippen LogP contribution in [0.3, 0.4) is 0 Å². The van der Waals surface area contributed by atoms with Gasteiger partial charge in [-0.05, 0) is 30.3 Å². The topological polar surface area (TPSA) is 78.3 Å². The van der Waals surface area contributed by atoms with Crippen molar-refractivity contribution in [2.75, 3.05) is 13.2 Å². The fourth-order valence-electron chi connectivity index (χ4n) is 1.55. The second-order valence-electron chi connectivity index (χ2n) is 3.80. The molecule has 0 amide bonds. The van der Waals surface area contributed by atoms with E-state index < -0.39 is 0 Å². The summed E-state index contributed by atoms with van der Waals surface area (Å²) in [5, 5.41) is 17.7. The van der Waals surface area contributed by atoms with Gasteiger partial charge in [-0.2, -0.15) is 5.26 Å². The predicted molar refractivity (Wildman–Crippen MR) is 75.4 cm³/mol. The van der Waals surface area contributed by atoms with Gasteiger partial charge in [0.05, 0.1) is 6.61 Å². The van der Waals surface area contributed by atoms with E-state index in [9.17, 15) is 0 Å². The molecule has 2 aromatic rings. The van der Waals surface area contributed by atoms with Gasteiger partial charge in [-0.3, -0.25) is 0 Å². The summed E-state index contributed by atoms with van der Waals surface area (Å²) in [7, 11) is 0. The van der Waals surface area contributed by atoms with E-state index in [0.717, 1.165) is 0 Å². The number of benzene rings is 1. The molecule has 2 rings (SSSR count). The van der Waals surface area contributed by atoms with Crippen molar-refractivity contribution in [3.8, 4) is 23.3 Å². The van der Waals surface area contributed by atoms with Crippen molar-refractivity contribution in [1.29, 1.82) is 5.26 Å². The lowest BCUT2D eigenvalue weighted by molar-refractivity contribution is 0.201. The Bertz CT molecular complexity index is 674. The largest absolute Gasteiger partial charge is 0.491 e. The SMILES string of the molecule is N#Cc1c(Oc2ccc(OCCO)cc2)cc[nH]c1=S. The molecule has 0 bridgehead atoms. The number of aliphatic hydroxyl groups is 1. The quantitative estimate of drug-likeness (QED) is 0.827. The maximum Gasteiger partial charge on any atom is 0.149 e. The van der Waals surface area contributed by atoms with Crippen molar-refractivity contribution in [3.05, 3.63) is 46.7 Å². The van der Waals surface area contributed by atoms with Gasteiger partial charge in [0.2, 0.25) is 0 Å². The molecule has 0 aliphatic heterocycles. The third-order valence-corrected chi connectivity index (χ3v) is 2.77. The number of H-pyrrole nitrogens is 1. The third-order valence-electron chi connectivity index (χ3n) is 2.45. The highest BCUT2D eigenvalue weighted by Gasteiger charge is 2.06. The van der Waals surface area contributed by atoms with Gasteiger partial charge in [-0.25, -0.2) is 0 Å². The first-order valence-electron chi connectivity index (χ1n) is 5.88. The average molecular weight is 288 g/mol. The van der Waals surface area contributed by atoms with Crippen LogP contribution in [-0.2, 0) is 0 Å². The van der Waals surface area contributed by atoms with E-state index in [-0.39, 0.29) is 13.2 Å². The van der Waals surface area contributed by atoms with Gasteiger partial charge >= 0.3 is 0 Å². The smallest absolute Gasteiger partial charge is 0.149 e. The minimum atomic E-state index is -0.0358. The van der Waals surface area contributed by atoms with E-state index in [0.29, 0.717) is 27.5 Å². The maximum atomic E-state index is 9.06. The summed E-state index contributed by atoms with van der Waals surface area (Å²) in [4.78, 5) is 2.78. The zero-order valence-corrected chi connectivity index (χ0v) is 11.3. The van der Waals surface area contributed by atoms with Crippen LogP contribution in [0, 0.1) is 16.0 Å². The molecule has 0 saturated carbocycles. The zero-order valence-electron chi connectivity index (χ0n) is 10.5. The Kier molecular flexibility index (Phi) is 4.71. The van der Waals surface area contributed by atoms with E-state index in [1.165, 1.54) is 0 Å². The number of nitriles is 1. The number of rotatable bonds is 5. The summed E-state index contributed by atoms with van der Waals surface area (Å²) in [6.45, 7) is 0.207. The molecule has 102 valence electrons. The molecule has 0 atom stereocenters. The molecule has 6 heteroatoms. The summed E-state index contributed by atoms with van der Waals surface area (Å²) in [6, 6.07) is 10.5. The van der Waals surface area contributed by atoms with Crippen molar-refractivity contribution in [2.45, 2.75) is 0 Å². The minimum absolute atomic E-state index is 0.0358. The van der Waals surface area contributed by atoms with Gasteiger partial charge in [-0.1, -0.05) is 12.2 Å². The maximum absolute atomic E-state index is 9.06. The molecule has 0 radical (unpaired) electrons. The van der Waals surface area contributed by atoms with Gasteiger partial charge in [0, 0.05) is 6.20 Å². The molecule has 1 aromatic carbocycles. The van der Waals surface area contributed by atoms with E-state index in [1.807, 2.05) is 6.07 Å². The highest BCUT2D eigenvalue weighted by molar-refractivity contribution is 7.71. The number of nitrogens with zero attached hydrogens (tertiary/aromatic N) is 1. The molecular formula is C14H12N2O3S. The number of ether oxygens (including phenoxy) is 2. The highest BCUT2D eigenvalue weighted by atomic mass is 32.1. The summed E-state index contributed by atoms with van der Waals surface area (Å²) >= 11 is 5.02. The first-order valence-corrected chi connectivity index (χ1v) is 6.29. The first-order chi connectivity index (χ1) is 9.74. The molecule has 0 saturated heterocycles. The molecule has 0 aliphatic rings. The molecule has 5 nitrogen and oxygen atoms in total. The van der Waals surface area contributed by atoms with Crippen LogP contribution in [0.5, 0.6) is 17.2 Å². The van der Waals surface area contributed by atoms with Gasteiger partial charge in [0.1, 0.15) is 40.1 Å². The Balaban J connectivity index is 2.17. The van der Waals surface area contributed by atoms with Crippen molar-refractivity contribution in [1.82, 2.24) is 4.98 Å². The van der Waals surface area contributed by atoms with Crippen LogP contribution in [0.25, 0.3) is 0 Å². The number of aromatic amines is 1. The molecule has 0 aliphatic carbocycles. The fourth-order valence-corrected chi connectivity index (χ4v) is 1.76. The van der Waals surface area contributed by atoms with Crippen LogP contribution in [0.15, 0.2) is 36.5 Å². The number of aromatic nitrogens is 1. The molecular weight excluding hydrogens is 276 g/mol. The summed E-state index contributed by atoms with van der Waals surface area (Å²) in [5.74, 6) is 1.61. The normalized spacial score (nSPS) is 9.80. The van der Waals surface area contributed by atoms with Crippen molar-refractivity contribution in [2.24, 2.45) is 0 Å². The number of aliphatic hydroxyl groups excluding tert-OH is 1. The monoisotopic (exact) mass is 288 g/mol. The Labute approximate surface area is 121 Å². The fraction of sp³-hybridized carbons (Fsp3) is 0.143. The number of hydrogen-bond donors (Lipinski definition) is 2. The Morgan fingerprint density at radius 3 is 2.55 bits per heavy atom. The van der Waals surface area contributed by atoms with Crippen LogP contribution in [0.1, 0.15) is 5.56 Å². The molecule has 0 fully saturated rings. The van der Waals surface area contributed by atoms with Crippen LogP contribution in [-0.4, -0.2) is 23.3 Å². The van der Waals surface area contributed by atoms with Gasteiger partial charge in [-0.15, -0.1) is 0 Å². The second kappa shape index (κ2) is 6.70. The van der Waals surface area contributed by atoms with Crippen molar-refractivity contribution in [3.63, 3.8) is 0 Å². The lowest BCUT2D eigenvalue weighted by atomic mass is 10.3. The first kappa shape index (κ1) is 14.1. The Hall–Kier alpha value is -2.36. The number of nitrogens with one attached hydrogen (secondary N) is 1. The van der Waals surface area contributed by atoms with Crippen LogP contribution in [0.4, 0.5) is 0 Å². The predicted octanol–water partition coefficient (Wildman–Crippen LogP) is 2.78. The molecule has 1 aromatic heterocycles. The van der Waals surface area contributed by atoms with Crippen LogP contribution < -0.4 is 9.47 Å². The van der Waals surface area contributed by atoms with Crippen molar-refractivity contribution < 1.29 is 14.6 Å². The lowest BCUT2D eigenvalue weighted by Crippen LogP contribution is -2.01. The summed E-state index contributed by atoms with van der Waals surface area (Å²) in [6.07, 6.45) is 1.62. The summed E-state index contributed by atoms with van der Waals surface area (Å²) in [5.41, 5.74) is 0.295. The summed E-state index contributed by atoms with van der Waals surface area (Å²) < 4.78 is 11.2. The van der Waals surface area contributed by atoms with E-state index in [1.54, 1.807) is 36.5 Å². The van der Waals surface area contributed by atoms with Gasteiger partial charge in [0.15, 0.2) is 0 Å². The molecule has 0 unspecified atom stereocenters. The minimum Gasteiger partial charge on any atom is -0.491 e.